The monoisotopic (exact) mass is 288 g/mol. The van der Waals surface area contributed by atoms with E-state index in [-0.39, 0.29) is 0 Å². The van der Waals surface area contributed by atoms with Gasteiger partial charge in [-0.2, -0.15) is 0 Å². The summed E-state index contributed by atoms with van der Waals surface area (Å²) in [5, 5.41) is 1.50. The van der Waals surface area contributed by atoms with Gasteiger partial charge in [0.15, 0.2) is 0 Å². The molecule has 0 aliphatic heterocycles. The number of rotatable bonds is 2. The fraction of sp³-hybridized carbons (Fsp3) is 1.00. The Hall–Kier alpha value is 0.543. The van der Waals surface area contributed by atoms with Gasteiger partial charge in [-0.05, 0) is 0 Å². The maximum atomic E-state index is 2.50. The van der Waals surface area contributed by atoms with Crippen molar-refractivity contribution in [3.8, 4) is 0 Å². The van der Waals surface area contributed by atoms with Gasteiger partial charge in [-0.3, -0.25) is 0 Å². The molecule has 0 N–H and O–H groups in total. The van der Waals surface area contributed by atoms with Gasteiger partial charge in [0.2, 0.25) is 0 Å². The summed E-state index contributed by atoms with van der Waals surface area (Å²) in [5.41, 5.74) is 0. The van der Waals surface area contributed by atoms with E-state index >= 15 is 0 Å². The molecule has 98 valence electrons. The molecule has 0 heterocycles. The average molecular weight is 287 g/mol. The van der Waals surface area contributed by atoms with E-state index in [4.69, 9.17) is 0 Å². The molecule has 0 saturated carbocycles. The van der Waals surface area contributed by atoms with E-state index in [0.29, 0.717) is 12.7 Å². The first-order valence-electron chi connectivity index (χ1n) is 6.81. The predicted molar refractivity (Wildman–Crippen MR) is 80.0 cm³/mol. The normalized spacial score (nSPS) is 15.4. The van der Waals surface area contributed by atoms with E-state index in [1.54, 1.807) is 0 Å². The van der Waals surface area contributed by atoms with Crippen LogP contribution >= 0.6 is 0 Å². The fourth-order valence-corrected chi connectivity index (χ4v) is 25.3. The van der Waals surface area contributed by atoms with Crippen LogP contribution < -0.4 is 0 Å². The summed E-state index contributed by atoms with van der Waals surface area (Å²) in [6.45, 7) is 24.9. The topological polar surface area (TPSA) is 0 Å². The Balaban J connectivity index is 5.82. The van der Waals surface area contributed by atoms with Gasteiger partial charge in [-0.1, -0.05) is 0 Å². The molecule has 0 fully saturated rings. The molecule has 0 aromatic carbocycles. The zero-order valence-corrected chi connectivity index (χ0v) is 15.5. The molecule has 1 heteroatoms. The van der Waals surface area contributed by atoms with Gasteiger partial charge in [0.1, 0.15) is 0 Å². The van der Waals surface area contributed by atoms with Crippen molar-refractivity contribution in [1.29, 1.82) is 0 Å². The van der Waals surface area contributed by atoms with Gasteiger partial charge in [0.05, 0.1) is 0 Å². The Labute approximate surface area is 107 Å². The van der Waals surface area contributed by atoms with Crippen molar-refractivity contribution in [2.75, 3.05) is 0 Å². The molecule has 0 bridgehead atoms. The van der Waals surface area contributed by atoms with Crippen LogP contribution in [-0.4, -0.2) is 13.3 Å². The van der Waals surface area contributed by atoms with Gasteiger partial charge in [-0.25, -0.2) is 0 Å². The summed E-state index contributed by atoms with van der Waals surface area (Å²) in [6, 6.07) is 0. The molecule has 0 amide bonds. The second-order valence-electron chi connectivity index (χ2n) is 8.41. The summed E-state index contributed by atoms with van der Waals surface area (Å²) in [4.78, 5) is 0. The zero-order chi connectivity index (χ0) is 13.4. The molecule has 16 heavy (non-hydrogen) atoms. The SMILES string of the molecule is CC[CH2][Ge]([C](C)(C)C)([C](C)(C)C)[C](C)(C)C. The third kappa shape index (κ3) is 2.68. The van der Waals surface area contributed by atoms with Crippen LogP contribution in [0.15, 0.2) is 0 Å². The summed E-state index contributed by atoms with van der Waals surface area (Å²) < 4.78 is 1.56. The molecule has 0 unspecified atom stereocenters. The molecular weight excluding hydrogens is 253 g/mol. The van der Waals surface area contributed by atoms with Crippen LogP contribution in [0.25, 0.3) is 0 Å². The second kappa shape index (κ2) is 4.67. The van der Waals surface area contributed by atoms with E-state index in [0.717, 1.165) is 0 Å². The van der Waals surface area contributed by atoms with E-state index in [1.807, 2.05) is 0 Å². The minimum atomic E-state index is -2.02. The van der Waals surface area contributed by atoms with Crippen molar-refractivity contribution in [2.24, 2.45) is 0 Å². The molecule has 0 radical (unpaired) electrons. The maximum absolute atomic E-state index is 2.50. The summed E-state index contributed by atoms with van der Waals surface area (Å²) in [5.74, 6) is 0. The van der Waals surface area contributed by atoms with Crippen LogP contribution in [0.5, 0.6) is 0 Å². The zero-order valence-electron chi connectivity index (χ0n) is 13.4. The third-order valence-electron chi connectivity index (χ3n) is 4.47. The summed E-state index contributed by atoms with van der Waals surface area (Å²) in [6.07, 6.45) is 1.35. The third-order valence-corrected chi connectivity index (χ3v) is 23.2. The van der Waals surface area contributed by atoms with Crippen LogP contribution in [0.3, 0.4) is 0 Å². The van der Waals surface area contributed by atoms with Gasteiger partial charge in [0.25, 0.3) is 0 Å². The Morgan fingerprint density at radius 1 is 0.625 bits per heavy atom. The second-order valence-corrected chi connectivity index (χ2v) is 22.7. The first-order chi connectivity index (χ1) is 6.81. The molecule has 0 atom stereocenters. The first kappa shape index (κ1) is 16.5. The minimum absolute atomic E-state index is 0.520. The van der Waals surface area contributed by atoms with Crippen LogP contribution in [0.1, 0.15) is 75.7 Å². The van der Waals surface area contributed by atoms with Gasteiger partial charge in [-0.15, -0.1) is 0 Å². The number of hydrogen-bond acceptors (Lipinski definition) is 0. The van der Waals surface area contributed by atoms with Crippen LogP contribution in [-0.2, 0) is 0 Å². The van der Waals surface area contributed by atoms with Gasteiger partial charge in [0, 0.05) is 0 Å². The Kier molecular flexibility index (Phi) is 4.82. The van der Waals surface area contributed by atoms with E-state index in [1.165, 1.54) is 11.7 Å². The van der Waals surface area contributed by atoms with Crippen LogP contribution in [0.4, 0.5) is 0 Å². The molecule has 0 spiro atoms. The van der Waals surface area contributed by atoms with Crippen molar-refractivity contribution < 1.29 is 0 Å². The molecule has 0 aliphatic rings. The summed E-state index contributed by atoms with van der Waals surface area (Å²) >= 11 is -2.02. The Morgan fingerprint density at radius 2 is 0.875 bits per heavy atom. The Morgan fingerprint density at radius 3 is 0.938 bits per heavy atom. The average Bonchev–Trinajstić information content (AvgIpc) is 1.91. The standard InChI is InChI=1S/C15H34Ge/c1-11-12-16(13(2,3)4,14(5,6)7)15(8,9)10/h11-12H2,1-10H3. The van der Waals surface area contributed by atoms with E-state index in [2.05, 4.69) is 69.2 Å². The van der Waals surface area contributed by atoms with Crippen molar-refractivity contribution >= 4 is 13.3 Å². The van der Waals surface area contributed by atoms with Crippen LogP contribution in [0, 0.1) is 0 Å². The molecule has 0 aromatic rings. The van der Waals surface area contributed by atoms with E-state index in [9.17, 15) is 0 Å². The molecule has 0 saturated heterocycles. The van der Waals surface area contributed by atoms with E-state index < -0.39 is 13.3 Å². The summed E-state index contributed by atoms with van der Waals surface area (Å²) in [7, 11) is 0. The first-order valence-corrected chi connectivity index (χ1v) is 11.4. The van der Waals surface area contributed by atoms with Gasteiger partial charge < -0.3 is 0 Å². The van der Waals surface area contributed by atoms with Crippen molar-refractivity contribution in [1.82, 2.24) is 0 Å². The quantitative estimate of drug-likeness (QED) is 0.527. The number of hydrogen-bond donors (Lipinski definition) is 0. The fourth-order valence-electron chi connectivity index (χ4n) is 4.88. The molecule has 0 nitrogen and oxygen atoms in total. The Bertz CT molecular complexity index is 183. The van der Waals surface area contributed by atoms with Crippen molar-refractivity contribution in [2.45, 2.75) is 93.7 Å². The molecule has 0 aromatic heterocycles. The van der Waals surface area contributed by atoms with Crippen LogP contribution in [0.2, 0.25) is 18.0 Å². The predicted octanol–water partition coefficient (Wildman–Crippen LogP) is 6.25. The molecule has 0 aliphatic carbocycles. The van der Waals surface area contributed by atoms with Crippen molar-refractivity contribution in [3.05, 3.63) is 0 Å². The van der Waals surface area contributed by atoms with Gasteiger partial charge >= 0.3 is 107 Å². The van der Waals surface area contributed by atoms with Crippen molar-refractivity contribution in [3.63, 3.8) is 0 Å². The molecular formula is C15H34Ge. The molecule has 0 rings (SSSR count).